The molecule has 1 aliphatic heterocycles. The molecular weight excluding hydrogens is 267 g/mol. The summed E-state index contributed by atoms with van der Waals surface area (Å²) >= 11 is 0. The van der Waals surface area contributed by atoms with Crippen molar-refractivity contribution in [1.29, 1.82) is 0 Å². The lowest BCUT2D eigenvalue weighted by atomic mass is 9.93. The van der Waals surface area contributed by atoms with Crippen molar-refractivity contribution in [1.82, 2.24) is 4.90 Å². The highest BCUT2D eigenvalue weighted by atomic mass is 19.4. The van der Waals surface area contributed by atoms with Crippen molar-refractivity contribution in [2.45, 2.75) is 38.9 Å². The fourth-order valence-corrected chi connectivity index (χ4v) is 2.64. The van der Waals surface area contributed by atoms with Gasteiger partial charge in [-0.25, -0.2) is 0 Å². The number of rotatable bonds is 1. The third kappa shape index (κ3) is 2.97. The number of piperidine rings is 1. The Labute approximate surface area is 116 Å². The van der Waals surface area contributed by atoms with Gasteiger partial charge in [-0.1, -0.05) is 19.1 Å². The van der Waals surface area contributed by atoms with Crippen LogP contribution in [-0.4, -0.2) is 23.4 Å². The highest BCUT2D eigenvalue weighted by molar-refractivity contribution is 5.96. The minimum atomic E-state index is -4.50. The van der Waals surface area contributed by atoms with Crippen LogP contribution in [0.15, 0.2) is 24.3 Å². The number of hydrogen-bond donors (Lipinski definition) is 0. The van der Waals surface area contributed by atoms with E-state index in [1.165, 1.54) is 18.2 Å². The Hall–Kier alpha value is -1.52. The van der Waals surface area contributed by atoms with E-state index in [1.807, 2.05) is 13.8 Å². The van der Waals surface area contributed by atoms with E-state index < -0.39 is 17.6 Å². The lowest BCUT2D eigenvalue weighted by Crippen LogP contribution is -2.45. The van der Waals surface area contributed by atoms with Gasteiger partial charge in [-0.3, -0.25) is 4.79 Å². The lowest BCUT2D eigenvalue weighted by Gasteiger charge is -2.37. The molecule has 1 saturated heterocycles. The monoisotopic (exact) mass is 285 g/mol. The normalized spacial score (nSPS) is 23.8. The van der Waals surface area contributed by atoms with E-state index in [2.05, 4.69) is 0 Å². The minimum absolute atomic E-state index is 0.0139. The SMILES string of the molecule is C[C@@H]1CC[C@@H](C)N(C(=O)c2ccccc2C(F)(F)F)C1. The smallest absolute Gasteiger partial charge is 0.336 e. The second kappa shape index (κ2) is 5.46. The van der Waals surface area contributed by atoms with E-state index >= 15 is 0 Å². The van der Waals surface area contributed by atoms with Crippen LogP contribution in [0.5, 0.6) is 0 Å². The zero-order valence-corrected chi connectivity index (χ0v) is 11.6. The fourth-order valence-electron chi connectivity index (χ4n) is 2.64. The number of nitrogens with zero attached hydrogens (tertiary/aromatic N) is 1. The predicted octanol–water partition coefficient (Wildman–Crippen LogP) is 3.97. The van der Waals surface area contributed by atoms with Gasteiger partial charge in [-0.05, 0) is 37.8 Å². The number of carbonyl (C=O) groups is 1. The summed E-state index contributed by atoms with van der Waals surface area (Å²) in [5.74, 6) is -0.190. The highest BCUT2D eigenvalue weighted by Gasteiger charge is 2.37. The van der Waals surface area contributed by atoms with Gasteiger partial charge < -0.3 is 4.90 Å². The quantitative estimate of drug-likeness (QED) is 0.764. The Bertz CT molecular complexity index is 498. The molecule has 1 fully saturated rings. The molecule has 1 heterocycles. The average molecular weight is 285 g/mol. The van der Waals surface area contributed by atoms with Crippen LogP contribution in [0.25, 0.3) is 0 Å². The molecule has 1 aromatic carbocycles. The first kappa shape index (κ1) is 14.9. The molecule has 0 spiro atoms. The second-order valence-electron chi connectivity index (χ2n) is 5.53. The Balaban J connectivity index is 2.34. The number of carbonyl (C=O) groups excluding carboxylic acids is 1. The van der Waals surface area contributed by atoms with Gasteiger partial charge in [-0.2, -0.15) is 13.2 Å². The zero-order valence-electron chi connectivity index (χ0n) is 11.6. The molecular formula is C15H18F3NO. The van der Waals surface area contributed by atoms with Gasteiger partial charge in [0, 0.05) is 12.6 Å². The van der Waals surface area contributed by atoms with Crippen LogP contribution < -0.4 is 0 Å². The van der Waals surface area contributed by atoms with Crippen LogP contribution in [0.4, 0.5) is 13.2 Å². The number of benzene rings is 1. The summed E-state index contributed by atoms with van der Waals surface area (Å²) in [6.07, 6.45) is -2.66. The molecule has 0 N–H and O–H groups in total. The Morgan fingerprint density at radius 3 is 2.50 bits per heavy atom. The van der Waals surface area contributed by atoms with Gasteiger partial charge in [0.15, 0.2) is 0 Å². The average Bonchev–Trinajstić information content (AvgIpc) is 2.40. The topological polar surface area (TPSA) is 20.3 Å². The third-order valence-electron chi connectivity index (χ3n) is 3.84. The number of amides is 1. The van der Waals surface area contributed by atoms with Gasteiger partial charge in [0.1, 0.15) is 0 Å². The van der Waals surface area contributed by atoms with Crippen molar-refractivity contribution in [2.75, 3.05) is 6.54 Å². The van der Waals surface area contributed by atoms with E-state index in [4.69, 9.17) is 0 Å². The summed E-state index contributed by atoms with van der Waals surface area (Å²) in [4.78, 5) is 14.0. The van der Waals surface area contributed by atoms with E-state index in [0.717, 1.165) is 18.9 Å². The van der Waals surface area contributed by atoms with Crippen molar-refractivity contribution >= 4 is 5.91 Å². The molecule has 1 aromatic rings. The zero-order chi connectivity index (χ0) is 14.9. The summed E-state index contributed by atoms with van der Waals surface area (Å²) in [5, 5.41) is 0. The molecule has 1 aliphatic rings. The van der Waals surface area contributed by atoms with Crippen LogP contribution in [0.2, 0.25) is 0 Å². The molecule has 2 atom stereocenters. The van der Waals surface area contributed by atoms with Gasteiger partial charge in [-0.15, -0.1) is 0 Å². The lowest BCUT2D eigenvalue weighted by molar-refractivity contribution is -0.138. The van der Waals surface area contributed by atoms with Crippen molar-refractivity contribution < 1.29 is 18.0 Å². The molecule has 0 saturated carbocycles. The summed E-state index contributed by atoms with van der Waals surface area (Å²) in [6, 6.07) is 4.99. The van der Waals surface area contributed by atoms with Gasteiger partial charge >= 0.3 is 6.18 Å². The maximum Gasteiger partial charge on any atom is 0.417 e. The molecule has 0 unspecified atom stereocenters. The molecule has 0 aliphatic carbocycles. The Morgan fingerprint density at radius 1 is 1.20 bits per heavy atom. The van der Waals surface area contributed by atoms with Gasteiger partial charge in [0.05, 0.1) is 11.1 Å². The molecule has 110 valence electrons. The standard InChI is InChI=1S/C15H18F3NO/c1-10-7-8-11(2)19(9-10)14(20)12-5-3-4-6-13(12)15(16,17)18/h3-6,10-11H,7-9H2,1-2H3/t10-,11-/m1/s1. The number of likely N-dealkylation sites (tertiary alicyclic amines) is 1. The van der Waals surface area contributed by atoms with Crippen LogP contribution in [-0.2, 0) is 6.18 Å². The van der Waals surface area contributed by atoms with E-state index in [1.54, 1.807) is 4.90 Å². The molecule has 2 nitrogen and oxygen atoms in total. The molecule has 2 rings (SSSR count). The Morgan fingerprint density at radius 2 is 1.85 bits per heavy atom. The third-order valence-corrected chi connectivity index (χ3v) is 3.84. The first-order chi connectivity index (χ1) is 9.30. The highest BCUT2D eigenvalue weighted by Crippen LogP contribution is 2.33. The molecule has 0 aromatic heterocycles. The number of alkyl halides is 3. The predicted molar refractivity (Wildman–Crippen MR) is 70.3 cm³/mol. The van der Waals surface area contributed by atoms with Crippen LogP contribution in [0, 0.1) is 5.92 Å². The van der Waals surface area contributed by atoms with E-state index in [0.29, 0.717) is 12.5 Å². The van der Waals surface area contributed by atoms with Crippen LogP contribution in [0.1, 0.15) is 42.6 Å². The molecule has 0 bridgehead atoms. The second-order valence-corrected chi connectivity index (χ2v) is 5.53. The molecule has 0 radical (unpaired) electrons. The number of hydrogen-bond acceptors (Lipinski definition) is 1. The maximum atomic E-state index is 13.0. The maximum absolute atomic E-state index is 13.0. The summed E-state index contributed by atoms with van der Waals surface area (Å²) in [7, 11) is 0. The van der Waals surface area contributed by atoms with Crippen molar-refractivity contribution in [3.63, 3.8) is 0 Å². The van der Waals surface area contributed by atoms with Gasteiger partial charge in [0.25, 0.3) is 5.91 Å². The fraction of sp³-hybridized carbons (Fsp3) is 0.533. The van der Waals surface area contributed by atoms with Crippen molar-refractivity contribution in [2.24, 2.45) is 5.92 Å². The minimum Gasteiger partial charge on any atom is -0.336 e. The summed E-state index contributed by atoms with van der Waals surface area (Å²) in [6.45, 7) is 4.42. The van der Waals surface area contributed by atoms with Crippen molar-refractivity contribution in [3.05, 3.63) is 35.4 Å². The van der Waals surface area contributed by atoms with Crippen LogP contribution in [0.3, 0.4) is 0 Å². The summed E-state index contributed by atoms with van der Waals surface area (Å²) in [5.41, 5.74) is -1.10. The summed E-state index contributed by atoms with van der Waals surface area (Å²) < 4.78 is 38.9. The molecule has 5 heteroatoms. The van der Waals surface area contributed by atoms with E-state index in [9.17, 15) is 18.0 Å². The van der Waals surface area contributed by atoms with Crippen molar-refractivity contribution in [3.8, 4) is 0 Å². The van der Waals surface area contributed by atoms with Crippen LogP contribution >= 0.6 is 0 Å². The number of halogens is 3. The van der Waals surface area contributed by atoms with E-state index in [-0.39, 0.29) is 11.6 Å². The molecule has 20 heavy (non-hydrogen) atoms. The molecule has 1 amide bonds. The first-order valence-corrected chi connectivity index (χ1v) is 6.78. The van der Waals surface area contributed by atoms with Gasteiger partial charge in [0.2, 0.25) is 0 Å². The first-order valence-electron chi connectivity index (χ1n) is 6.78. The Kier molecular flexibility index (Phi) is 4.06. The largest absolute Gasteiger partial charge is 0.417 e.